The highest BCUT2D eigenvalue weighted by Crippen LogP contribution is 2.17. The van der Waals surface area contributed by atoms with Crippen LogP contribution in [0, 0.1) is 0 Å². The molecule has 2 aromatic rings. The molecule has 1 unspecified atom stereocenters. The van der Waals surface area contributed by atoms with Gasteiger partial charge in [-0.25, -0.2) is 4.98 Å². The summed E-state index contributed by atoms with van der Waals surface area (Å²) >= 11 is 5.85. The van der Waals surface area contributed by atoms with Gasteiger partial charge in [0.15, 0.2) is 0 Å². The third-order valence-corrected chi connectivity index (χ3v) is 2.96. The van der Waals surface area contributed by atoms with Crippen LogP contribution in [0.2, 0.25) is 5.02 Å². The molecule has 6 heteroatoms. The number of imidazole rings is 1. The highest BCUT2D eigenvalue weighted by Gasteiger charge is 2.05. The van der Waals surface area contributed by atoms with Gasteiger partial charge in [0.1, 0.15) is 18.5 Å². The summed E-state index contributed by atoms with van der Waals surface area (Å²) < 4.78 is 7.44. The van der Waals surface area contributed by atoms with E-state index in [-0.39, 0.29) is 6.61 Å². The Labute approximate surface area is 123 Å². The second-order valence-corrected chi connectivity index (χ2v) is 4.86. The van der Waals surface area contributed by atoms with Crippen molar-refractivity contribution >= 4 is 11.6 Å². The zero-order valence-corrected chi connectivity index (χ0v) is 11.8. The molecule has 1 heterocycles. The summed E-state index contributed by atoms with van der Waals surface area (Å²) in [5, 5.41) is 13.6. The van der Waals surface area contributed by atoms with Crippen LogP contribution in [0.25, 0.3) is 0 Å². The lowest BCUT2D eigenvalue weighted by molar-refractivity contribution is 0.106. The first kappa shape index (κ1) is 14.8. The first-order chi connectivity index (χ1) is 9.74. The first-order valence-corrected chi connectivity index (χ1v) is 6.85. The van der Waals surface area contributed by atoms with Crippen LogP contribution in [-0.2, 0) is 6.54 Å². The predicted molar refractivity (Wildman–Crippen MR) is 78.1 cm³/mol. The fourth-order valence-corrected chi connectivity index (χ4v) is 1.88. The van der Waals surface area contributed by atoms with Crippen LogP contribution in [0.15, 0.2) is 43.0 Å². The van der Waals surface area contributed by atoms with E-state index in [1.165, 1.54) is 0 Å². The van der Waals surface area contributed by atoms with Gasteiger partial charge >= 0.3 is 0 Å². The van der Waals surface area contributed by atoms with Crippen molar-refractivity contribution in [3.8, 4) is 5.75 Å². The molecule has 1 atom stereocenters. The third kappa shape index (κ3) is 5.21. The van der Waals surface area contributed by atoms with Gasteiger partial charge in [-0.15, -0.1) is 0 Å². The Kier molecular flexibility index (Phi) is 5.86. The minimum absolute atomic E-state index is 0.235. The quantitative estimate of drug-likeness (QED) is 0.726. The number of halogens is 1. The van der Waals surface area contributed by atoms with E-state index in [0.29, 0.717) is 17.3 Å². The number of ether oxygens (including phenoxy) is 1. The summed E-state index contributed by atoms with van der Waals surface area (Å²) in [5.41, 5.74) is 0. The molecular formula is C14H18ClN3O2. The van der Waals surface area contributed by atoms with Gasteiger partial charge in [-0.2, -0.15) is 0 Å². The van der Waals surface area contributed by atoms with Crippen LogP contribution in [0.4, 0.5) is 0 Å². The largest absolute Gasteiger partial charge is 0.491 e. The molecule has 0 saturated heterocycles. The third-order valence-electron chi connectivity index (χ3n) is 2.72. The molecule has 2 N–H and O–H groups in total. The second-order valence-electron chi connectivity index (χ2n) is 4.43. The van der Waals surface area contributed by atoms with Gasteiger partial charge in [0.05, 0.1) is 6.33 Å². The van der Waals surface area contributed by atoms with Crippen molar-refractivity contribution < 1.29 is 9.84 Å². The van der Waals surface area contributed by atoms with Gasteiger partial charge in [-0.3, -0.25) is 0 Å². The van der Waals surface area contributed by atoms with E-state index < -0.39 is 6.10 Å². The van der Waals surface area contributed by atoms with Crippen molar-refractivity contribution in [1.29, 1.82) is 0 Å². The molecule has 0 amide bonds. The highest BCUT2D eigenvalue weighted by molar-refractivity contribution is 6.30. The number of nitrogens with zero attached hydrogens (tertiary/aromatic N) is 2. The maximum Gasteiger partial charge on any atom is 0.120 e. The molecule has 0 aliphatic rings. The highest BCUT2D eigenvalue weighted by atomic mass is 35.5. The Morgan fingerprint density at radius 2 is 2.35 bits per heavy atom. The Bertz CT molecular complexity index is 505. The van der Waals surface area contributed by atoms with Crippen molar-refractivity contribution in [1.82, 2.24) is 14.9 Å². The maximum atomic E-state index is 9.80. The summed E-state index contributed by atoms with van der Waals surface area (Å²) in [6.45, 7) is 2.31. The van der Waals surface area contributed by atoms with Gasteiger partial charge in [0, 0.05) is 37.1 Å². The first-order valence-electron chi connectivity index (χ1n) is 6.47. The molecule has 0 fully saturated rings. The standard InChI is InChI=1S/C14H18ClN3O2/c15-12-2-1-3-14(8-12)20-10-13(19)9-16-4-6-18-7-5-17-11-18/h1-3,5,7-8,11,13,16,19H,4,6,9-10H2. The fourth-order valence-electron chi connectivity index (χ4n) is 1.70. The molecule has 20 heavy (non-hydrogen) atoms. The van der Waals surface area contributed by atoms with Gasteiger partial charge < -0.3 is 19.7 Å². The average Bonchev–Trinajstić information content (AvgIpc) is 2.95. The van der Waals surface area contributed by atoms with Gasteiger partial charge in [0.2, 0.25) is 0 Å². The number of benzene rings is 1. The zero-order chi connectivity index (χ0) is 14.2. The molecule has 0 aliphatic heterocycles. The summed E-state index contributed by atoms with van der Waals surface area (Å²) in [6, 6.07) is 7.13. The summed E-state index contributed by atoms with van der Waals surface area (Å²) in [4.78, 5) is 3.96. The van der Waals surface area contributed by atoms with E-state index in [0.717, 1.165) is 13.1 Å². The Morgan fingerprint density at radius 1 is 1.45 bits per heavy atom. The number of rotatable bonds is 8. The summed E-state index contributed by atoms with van der Waals surface area (Å²) in [5.74, 6) is 0.662. The van der Waals surface area contributed by atoms with Crippen molar-refractivity contribution in [3.05, 3.63) is 48.0 Å². The van der Waals surface area contributed by atoms with Crippen molar-refractivity contribution in [2.75, 3.05) is 19.7 Å². The molecule has 2 rings (SSSR count). The van der Waals surface area contributed by atoms with Crippen LogP contribution in [0.1, 0.15) is 0 Å². The molecule has 0 aliphatic carbocycles. The maximum absolute atomic E-state index is 9.80. The molecule has 0 spiro atoms. The molecular weight excluding hydrogens is 278 g/mol. The number of aliphatic hydroxyl groups excluding tert-OH is 1. The number of aromatic nitrogens is 2. The molecule has 5 nitrogen and oxygen atoms in total. The molecule has 0 bridgehead atoms. The van der Waals surface area contributed by atoms with E-state index >= 15 is 0 Å². The van der Waals surface area contributed by atoms with Gasteiger partial charge in [0.25, 0.3) is 0 Å². The molecule has 108 valence electrons. The van der Waals surface area contributed by atoms with Crippen molar-refractivity contribution in [2.45, 2.75) is 12.6 Å². The SMILES string of the molecule is OC(CNCCn1ccnc1)COc1cccc(Cl)c1. The lowest BCUT2D eigenvalue weighted by Crippen LogP contribution is -2.33. The lowest BCUT2D eigenvalue weighted by Gasteiger charge is -2.13. The summed E-state index contributed by atoms with van der Waals surface area (Å²) in [7, 11) is 0. The van der Waals surface area contributed by atoms with E-state index in [4.69, 9.17) is 16.3 Å². The number of nitrogens with one attached hydrogen (secondary N) is 1. The zero-order valence-electron chi connectivity index (χ0n) is 11.1. The molecule has 1 aromatic carbocycles. The average molecular weight is 296 g/mol. The normalized spacial score (nSPS) is 12.3. The van der Waals surface area contributed by atoms with Crippen LogP contribution >= 0.6 is 11.6 Å². The van der Waals surface area contributed by atoms with Crippen LogP contribution in [0.5, 0.6) is 5.75 Å². The van der Waals surface area contributed by atoms with Crippen LogP contribution in [0.3, 0.4) is 0 Å². The number of hydrogen-bond acceptors (Lipinski definition) is 4. The Balaban J connectivity index is 1.59. The van der Waals surface area contributed by atoms with Crippen molar-refractivity contribution in [3.63, 3.8) is 0 Å². The fraction of sp³-hybridized carbons (Fsp3) is 0.357. The van der Waals surface area contributed by atoms with Gasteiger partial charge in [-0.1, -0.05) is 17.7 Å². The van der Waals surface area contributed by atoms with E-state index in [2.05, 4.69) is 10.3 Å². The smallest absolute Gasteiger partial charge is 0.120 e. The lowest BCUT2D eigenvalue weighted by atomic mass is 10.3. The molecule has 0 saturated carbocycles. The summed E-state index contributed by atoms with van der Waals surface area (Å²) in [6.07, 6.45) is 4.85. The number of aliphatic hydroxyl groups is 1. The molecule has 0 radical (unpaired) electrons. The van der Waals surface area contributed by atoms with E-state index in [9.17, 15) is 5.11 Å². The van der Waals surface area contributed by atoms with E-state index in [1.54, 1.807) is 24.7 Å². The number of hydrogen-bond donors (Lipinski definition) is 2. The topological polar surface area (TPSA) is 59.3 Å². The second kappa shape index (κ2) is 7.89. The van der Waals surface area contributed by atoms with Gasteiger partial charge in [-0.05, 0) is 18.2 Å². The predicted octanol–water partition coefficient (Wildman–Crippen LogP) is 1.57. The monoisotopic (exact) mass is 295 g/mol. The minimum Gasteiger partial charge on any atom is -0.491 e. The Morgan fingerprint density at radius 3 is 3.10 bits per heavy atom. The minimum atomic E-state index is -0.559. The van der Waals surface area contributed by atoms with Crippen LogP contribution in [-0.4, -0.2) is 40.5 Å². The van der Waals surface area contributed by atoms with Crippen molar-refractivity contribution in [2.24, 2.45) is 0 Å². The Hall–Kier alpha value is -1.56. The molecule has 1 aromatic heterocycles. The van der Waals surface area contributed by atoms with Crippen LogP contribution < -0.4 is 10.1 Å². The van der Waals surface area contributed by atoms with E-state index in [1.807, 2.05) is 22.9 Å².